The van der Waals surface area contributed by atoms with Gasteiger partial charge in [-0.1, -0.05) is 63.6 Å². The molecular formula is C28H38ClN3O3. The SMILES string of the molecule is Cc1nn(-c2cccc(Cl)c2)c(Oc2ccccc2)c1CN(CC(C)C)CC(O)COCC(C)C. The van der Waals surface area contributed by atoms with Crippen LogP contribution < -0.4 is 4.74 Å². The molecule has 0 radical (unpaired) electrons. The summed E-state index contributed by atoms with van der Waals surface area (Å²) in [7, 11) is 0. The number of ether oxygens (including phenoxy) is 2. The second-order valence-electron chi connectivity index (χ2n) is 9.85. The van der Waals surface area contributed by atoms with Crippen molar-refractivity contribution in [3.63, 3.8) is 0 Å². The standard InChI is InChI=1S/C28H38ClN3O3/c1-20(2)15-31(16-25(33)19-34-18-21(3)4)17-27-22(5)30-32(24-11-9-10-23(29)14-24)28(27)35-26-12-7-6-8-13-26/h6-14,20-21,25,33H,15-19H2,1-5H3. The summed E-state index contributed by atoms with van der Waals surface area (Å²) >= 11 is 6.28. The molecule has 1 heterocycles. The lowest BCUT2D eigenvalue weighted by molar-refractivity contribution is 0.00511. The Morgan fingerprint density at radius 1 is 0.971 bits per heavy atom. The Morgan fingerprint density at radius 2 is 1.71 bits per heavy atom. The molecule has 1 N–H and O–H groups in total. The molecule has 0 aliphatic heterocycles. The Balaban J connectivity index is 1.91. The van der Waals surface area contributed by atoms with Gasteiger partial charge in [-0.25, -0.2) is 4.68 Å². The molecule has 0 saturated heterocycles. The second-order valence-corrected chi connectivity index (χ2v) is 10.3. The highest BCUT2D eigenvalue weighted by atomic mass is 35.5. The average Bonchev–Trinajstić information content (AvgIpc) is 3.09. The van der Waals surface area contributed by atoms with Gasteiger partial charge in [0.2, 0.25) is 5.88 Å². The first-order chi connectivity index (χ1) is 16.7. The second kappa shape index (κ2) is 13.1. The summed E-state index contributed by atoms with van der Waals surface area (Å²) in [6.45, 7) is 13.4. The van der Waals surface area contributed by atoms with Crippen LogP contribution in [0.4, 0.5) is 0 Å². The molecule has 2 aromatic carbocycles. The zero-order valence-corrected chi connectivity index (χ0v) is 22.2. The molecular weight excluding hydrogens is 462 g/mol. The van der Waals surface area contributed by atoms with Crippen LogP contribution >= 0.6 is 11.6 Å². The van der Waals surface area contributed by atoms with Crippen molar-refractivity contribution >= 4 is 11.6 Å². The fourth-order valence-corrected chi connectivity index (χ4v) is 4.13. The third kappa shape index (κ3) is 8.36. The minimum absolute atomic E-state index is 0.320. The van der Waals surface area contributed by atoms with Gasteiger partial charge in [-0.3, -0.25) is 4.90 Å². The van der Waals surface area contributed by atoms with Gasteiger partial charge in [-0.2, -0.15) is 5.10 Å². The van der Waals surface area contributed by atoms with Crippen molar-refractivity contribution in [1.82, 2.24) is 14.7 Å². The third-order valence-electron chi connectivity index (χ3n) is 5.38. The summed E-state index contributed by atoms with van der Waals surface area (Å²) in [5.74, 6) is 2.25. The molecule has 6 nitrogen and oxygen atoms in total. The largest absolute Gasteiger partial charge is 0.439 e. The van der Waals surface area contributed by atoms with Crippen LogP contribution in [0.2, 0.25) is 5.02 Å². The van der Waals surface area contributed by atoms with E-state index in [4.69, 9.17) is 26.2 Å². The van der Waals surface area contributed by atoms with Crippen LogP contribution in [0, 0.1) is 18.8 Å². The minimum atomic E-state index is -0.575. The van der Waals surface area contributed by atoms with Crippen LogP contribution in [-0.4, -0.2) is 52.2 Å². The molecule has 7 heteroatoms. The minimum Gasteiger partial charge on any atom is -0.439 e. The van der Waals surface area contributed by atoms with E-state index in [1.54, 1.807) is 4.68 Å². The van der Waals surface area contributed by atoms with Crippen LogP contribution in [0.5, 0.6) is 11.6 Å². The van der Waals surface area contributed by atoms with Crippen LogP contribution in [-0.2, 0) is 11.3 Å². The van der Waals surface area contributed by atoms with Gasteiger partial charge in [0.05, 0.1) is 29.7 Å². The van der Waals surface area contributed by atoms with Gasteiger partial charge < -0.3 is 14.6 Å². The van der Waals surface area contributed by atoms with Gasteiger partial charge >= 0.3 is 0 Å². The molecule has 0 aliphatic rings. The Morgan fingerprint density at radius 3 is 2.37 bits per heavy atom. The maximum atomic E-state index is 10.7. The number of aryl methyl sites for hydroxylation is 1. The first kappa shape index (κ1) is 27.2. The monoisotopic (exact) mass is 499 g/mol. The number of aliphatic hydroxyl groups excluding tert-OH is 1. The van der Waals surface area contributed by atoms with Crippen molar-refractivity contribution in [3.8, 4) is 17.3 Å². The lowest BCUT2D eigenvalue weighted by Gasteiger charge is -2.27. The lowest BCUT2D eigenvalue weighted by atomic mass is 10.1. The third-order valence-corrected chi connectivity index (χ3v) is 5.62. The molecule has 0 bridgehead atoms. The summed E-state index contributed by atoms with van der Waals surface area (Å²) in [5.41, 5.74) is 2.68. The topological polar surface area (TPSA) is 59.8 Å². The number of rotatable bonds is 13. The normalized spacial score (nSPS) is 12.6. The number of aromatic nitrogens is 2. The van der Waals surface area contributed by atoms with E-state index >= 15 is 0 Å². The smallest absolute Gasteiger partial charge is 0.227 e. The van der Waals surface area contributed by atoms with E-state index in [2.05, 4.69) is 32.6 Å². The van der Waals surface area contributed by atoms with E-state index in [0.717, 1.165) is 29.2 Å². The van der Waals surface area contributed by atoms with Crippen LogP contribution in [0.1, 0.15) is 39.0 Å². The molecule has 190 valence electrons. The molecule has 1 aromatic heterocycles. The highest BCUT2D eigenvalue weighted by Crippen LogP contribution is 2.32. The molecule has 0 aliphatic carbocycles. The fraction of sp³-hybridized carbons (Fsp3) is 0.464. The number of benzene rings is 2. The lowest BCUT2D eigenvalue weighted by Crippen LogP contribution is -2.37. The van der Waals surface area contributed by atoms with E-state index in [9.17, 15) is 5.11 Å². The molecule has 0 saturated carbocycles. The molecule has 0 spiro atoms. The predicted molar refractivity (Wildman–Crippen MR) is 142 cm³/mol. The number of hydrogen-bond acceptors (Lipinski definition) is 5. The van der Waals surface area contributed by atoms with Gasteiger partial charge in [0.25, 0.3) is 0 Å². The molecule has 0 fully saturated rings. The van der Waals surface area contributed by atoms with Gasteiger partial charge in [-0.15, -0.1) is 0 Å². The summed E-state index contributed by atoms with van der Waals surface area (Å²) in [6, 6.07) is 17.3. The average molecular weight is 500 g/mol. The van der Waals surface area contributed by atoms with E-state index in [0.29, 0.717) is 49.0 Å². The van der Waals surface area contributed by atoms with Gasteiger partial charge in [-0.05, 0) is 49.1 Å². The zero-order chi connectivity index (χ0) is 25.4. The quantitative estimate of drug-likeness (QED) is 0.307. The van der Waals surface area contributed by atoms with E-state index < -0.39 is 6.10 Å². The fourth-order valence-electron chi connectivity index (χ4n) is 3.94. The van der Waals surface area contributed by atoms with Gasteiger partial charge in [0, 0.05) is 31.3 Å². The maximum absolute atomic E-state index is 10.7. The van der Waals surface area contributed by atoms with Crippen molar-refractivity contribution in [3.05, 3.63) is 70.9 Å². The number of aliphatic hydroxyl groups is 1. The Kier molecular flexibility index (Phi) is 10.2. The Labute approximate surface area is 214 Å². The molecule has 35 heavy (non-hydrogen) atoms. The maximum Gasteiger partial charge on any atom is 0.227 e. The number of nitrogens with zero attached hydrogens (tertiary/aromatic N) is 3. The van der Waals surface area contributed by atoms with E-state index in [-0.39, 0.29) is 0 Å². The highest BCUT2D eigenvalue weighted by molar-refractivity contribution is 6.30. The first-order valence-electron chi connectivity index (χ1n) is 12.3. The molecule has 1 atom stereocenters. The van der Waals surface area contributed by atoms with Crippen molar-refractivity contribution < 1.29 is 14.6 Å². The Bertz CT molecular complexity index is 1050. The van der Waals surface area contributed by atoms with E-state index in [1.807, 2.05) is 61.5 Å². The summed E-state index contributed by atoms with van der Waals surface area (Å²) < 4.78 is 13.9. The number of halogens is 1. The van der Waals surface area contributed by atoms with Gasteiger partial charge in [0.1, 0.15) is 5.75 Å². The first-order valence-corrected chi connectivity index (χ1v) is 12.7. The number of para-hydroxylation sites is 1. The molecule has 1 unspecified atom stereocenters. The predicted octanol–water partition coefficient (Wildman–Crippen LogP) is 6.12. The van der Waals surface area contributed by atoms with Crippen molar-refractivity contribution in [2.24, 2.45) is 11.8 Å². The number of hydrogen-bond donors (Lipinski definition) is 1. The van der Waals surface area contributed by atoms with E-state index in [1.165, 1.54) is 0 Å². The Hall–Kier alpha value is -2.38. The zero-order valence-electron chi connectivity index (χ0n) is 21.4. The summed E-state index contributed by atoms with van der Waals surface area (Å²) in [4.78, 5) is 2.25. The highest BCUT2D eigenvalue weighted by Gasteiger charge is 2.23. The van der Waals surface area contributed by atoms with Crippen molar-refractivity contribution in [2.45, 2.75) is 47.3 Å². The van der Waals surface area contributed by atoms with Gasteiger partial charge in [0.15, 0.2) is 0 Å². The molecule has 3 aromatic rings. The molecule has 3 rings (SSSR count). The summed E-state index contributed by atoms with van der Waals surface area (Å²) in [6.07, 6.45) is -0.575. The molecule has 0 amide bonds. The van der Waals surface area contributed by atoms with Crippen LogP contribution in [0.15, 0.2) is 54.6 Å². The van der Waals surface area contributed by atoms with Crippen molar-refractivity contribution in [2.75, 3.05) is 26.3 Å². The van der Waals surface area contributed by atoms with Crippen LogP contribution in [0.3, 0.4) is 0 Å². The van der Waals surface area contributed by atoms with Crippen LogP contribution in [0.25, 0.3) is 5.69 Å². The summed E-state index contributed by atoms with van der Waals surface area (Å²) in [5, 5.41) is 16.1. The van der Waals surface area contributed by atoms with Crippen molar-refractivity contribution in [1.29, 1.82) is 0 Å².